The van der Waals surface area contributed by atoms with E-state index in [4.69, 9.17) is 32.5 Å². The number of rotatable bonds is 10. The van der Waals surface area contributed by atoms with E-state index in [1.165, 1.54) is 0 Å². The van der Waals surface area contributed by atoms with E-state index in [1.807, 2.05) is 0 Å². The van der Waals surface area contributed by atoms with Crippen LogP contribution in [0.5, 0.6) is 0 Å². The monoisotopic (exact) mass is 574 g/mol. The van der Waals surface area contributed by atoms with Gasteiger partial charge in [0.15, 0.2) is 34.5 Å². The molecule has 0 amide bonds. The molecule has 3 fully saturated rings. The molecule has 3 aliphatic heterocycles. The number of hydrogen-bond donors (Lipinski definition) is 0. The van der Waals surface area contributed by atoms with Crippen LogP contribution < -0.4 is 0 Å². The Labute approximate surface area is 235 Å². The van der Waals surface area contributed by atoms with Crippen molar-refractivity contribution in [1.82, 2.24) is 0 Å². The van der Waals surface area contributed by atoms with Gasteiger partial charge in [-0.15, -0.1) is 0 Å². The molecule has 0 aromatic carbocycles. The van der Waals surface area contributed by atoms with E-state index in [0.29, 0.717) is 6.61 Å². The minimum atomic E-state index is -2.21. The van der Waals surface area contributed by atoms with Gasteiger partial charge >= 0.3 is 0 Å². The van der Waals surface area contributed by atoms with Crippen LogP contribution >= 0.6 is 0 Å². The fraction of sp³-hybridized carbons (Fsp3) is 1.00. The SMILES string of the molecule is CCC1(CC)O[C@@H]2[C@H]([C@@H](O[Si](C)(C)C(C)(C)C)[C@H]3COC(CC)(CC)O3)O[C@H](O[Si](C)(C)C(C)(C)C)[C@@H]2O1. The van der Waals surface area contributed by atoms with Gasteiger partial charge in [-0.2, -0.15) is 0 Å². The van der Waals surface area contributed by atoms with E-state index >= 15 is 0 Å². The molecule has 3 aliphatic rings. The molecule has 0 aromatic rings. The number of fused-ring (bicyclic) bond motifs is 1. The normalized spacial score (nSPS) is 32.5. The van der Waals surface area contributed by atoms with Crippen LogP contribution in [0.15, 0.2) is 0 Å². The topological polar surface area (TPSA) is 64.6 Å². The zero-order valence-corrected chi connectivity index (χ0v) is 28.9. The zero-order valence-electron chi connectivity index (χ0n) is 26.9. The molecule has 0 spiro atoms. The van der Waals surface area contributed by atoms with Crippen molar-refractivity contribution in [2.45, 2.75) is 180 Å². The zero-order chi connectivity index (χ0) is 28.9. The molecule has 0 N–H and O–H groups in total. The Morgan fingerprint density at radius 2 is 1.24 bits per heavy atom. The Morgan fingerprint density at radius 1 is 0.737 bits per heavy atom. The molecule has 0 radical (unpaired) electrons. The van der Waals surface area contributed by atoms with E-state index in [1.54, 1.807) is 0 Å². The first-order valence-electron chi connectivity index (χ1n) is 15.0. The molecule has 6 atom stereocenters. The summed E-state index contributed by atoms with van der Waals surface area (Å²) >= 11 is 0. The molecule has 0 unspecified atom stereocenters. The Kier molecular flexibility index (Phi) is 9.54. The molecule has 3 saturated heterocycles. The highest BCUT2D eigenvalue weighted by atomic mass is 28.4. The molecule has 0 aliphatic carbocycles. The lowest BCUT2D eigenvalue weighted by molar-refractivity contribution is -0.249. The van der Waals surface area contributed by atoms with Gasteiger partial charge in [0.1, 0.15) is 30.5 Å². The minimum Gasteiger partial charge on any atom is -0.408 e. The van der Waals surface area contributed by atoms with Gasteiger partial charge in [0, 0.05) is 0 Å². The van der Waals surface area contributed by atoms with Crippen molar-refractivity contribution >= 4 is 16.6 Å². The minimum absolute atomic E-state index is 0.0238. The van der Waals surface area contributed by atoms with Crippen LogP contribution in [0.1, 0.15) is 94.9 Å². The first-order valence-corrected chi connectivity index (χ1v) is 20.8. The summed E-state index contributed by atoms with van der Waals surface area (Å²) < 4.78 is 47.4. The highest BCUT2D eigenvalue weighted by molar-refractivity contribution is 6.74. The maximum atomic E-state index is 7.17. The Balaban J connectivity index is 2.02. The second-order valence-electron chi connectivity index (χ2n) is 14.6. The van der Waals surface area contributed by atoms with Crippen LogP contribution in [0.2, 0.25) is 36.3 Å². The van der Waals surface area contributed by atoms with Crippen molar-refractivity contribution in [2.75, 3.05) is 6.61 Å². The summed E-state index contributed by atoms with van der Waals surface area (Å²) in [6, 6.07) is 0. The number of ether oxygens (including phenoxy) is 5. The summed E-state index contributed by atoms with van der Waals surface area (Å²) in [5.41, 5.74) is 0. The first kappa shape index (κ1) is 32.7. The lowest BCUT2D eigenvalue weighted by Gasteiger charge is -2.43. The average molecular weight is 575 g/mol. The average Bonchev–Trinajstić information content (AvgIpc) is 3.49. The van der Waals surface area contributed by atoms with Crippen molar-refractivity contribution in [1.29, 1.82) is 0 Å². The highest BCUT2D eigenvalue weighted by Gasteiger charge is 2.63. The summed E-state index contributed by atoms with van der Waals surface area (Å²) in [5, 5.41) is 0.0628. The van der Waals surface area contributed by atoms with Gasteiger partial charge in [-0.25, -0.2) is 0 Å². The van der Waals surface area contributed by atoms with Crippen LogP contribution in [0.4, 0.5) is 0 Å². The summed E-state index contributed by atoms with van der Waals surface area (Å²) in [6.45, 7) is 31.6. The smallest absolute Gasteiger partial charge is 0.195 e. The maximum Gasteiger partial charge on any atom is 0.195 e. The van der Waals surface area contributed by atoms with E-state index in [0.717, 1.165) is 25.7 Å². The lowest BCUT2D eigenvalue weighted by atomic mass is 10.0. The maximum absolute atomic E-state index is 7.17. The third-order valence-corrected chi connectivity index (χ3v) is 19.0. The molecule has 9 heteroatoms. The van der Waals surface area contributed by atoms with E-state index in [2.05, 4.69) is 95.4 Å². The largest absolute Gasteiger partial charge is 0.408 e. The molecule has 7 nitrogen and oxygen atoms in total. The highest BCUT2D eigenvalue weighted by Crippen LogP contribution is 2.49. The summed E-state index contributed by atoms with van der Waals surface area (Å²) in [4.78, 5) is 0. The second-order valence-corrected chi connectivity index (χ2v) is 24.1. The fourth-order valence-corrected chi connectivity index (χ4v) is 7.52. The summed E-state index contributed by atoms with van der Waals surface area (Å²) in [6.07, 6.45) is 0.968. The van der Waals surface area contributed by atoms with Gasteiger partial charge in [-0.1, -0.05) is 69.2 Å². The predicted octanol–water partition coefficient (Wildman–Crippen LogP) is 7.36. The van der Waals surface area contributed by atoms with Gasteiger partial charge in [-0.05, 0) is 61.9 Å². The van der Waals surface area contributed by atoms with Crippen LogP contribution in [0.25, 0.3) is 0 Å². The molecule has 0 aromatic heterocycles. The Bertz CT molecular complexity index is 796. The van der Waals surface area contributed by atoms with Gasteiger partial charge < -0.3 is 32.5 Å². The van der Waals surface area contributed by atoms with Gasteiger partial charge in [0.2, 0.25) is 0 Å². The van der Waals surface area contributed by atoms with E-state index in [9.17, 15) is 0 Å². The van der Waals surface area contributed by atoms with Crippen molar-refractivity contribution in [3.05, 3.63) is 0 Å². The van der Waals surface area contributed by atoms with Crippen molar-refractivity contribution < 1.29 is 32.5 Å². The molecule has 224 valence electrons. The molecule has 38 heavy (non-hydrogen) atoms. The molecular weight excluding hydrogens is 516 g/mol. The predicted molar refractivity (Wildman–Crippen MR) is 156 cm³/mol. The third kappa shape index (κ3) is 6.16. The number of hydrogen-bond acceptors (Lipinski definition) is 7. The van der Waals surface area contributed by atoms with Crippen molar-refractivity contribution in [2.24, 2.45) is 0 Å². The first-order chi connectivity index (χ1) is 17.3. The lowest BCUT2D eigenvalue weighted by Crippen LogP contribution is -2.55. The summed E-state index contributed by atoms with van der Waals surface area (Å²) in [5.74, 6) is -1.23. The molecule has 3 heterocycles. The Morgan fingerprint density at radius 3 is 1.68 bits per heavy atom. The van der Waals surface area contributed by atoms with E-state index < -0.39 is 34.5 Å². The van der Waals surface area contributed by atoms with Gasteiger partial charge in [0.25, 0.3) is 0 Å². The van der Waals surface area contributed by atoms with Crippen LogP contribution in [0, 0.1) is 0 Å². The molecular formula is C29H58O7Si2. The van der Waals surface area contributed by atoms with Crippen molar-refractivity contribution in [3.63, 3.8) is 0 Å². The standard InChI is InChI=1S/C29H58O7Si2/c1-15-28(16-2)30-19-20(32-28)21(35-37(11,12)26(5,6)7)22-23-24(34-29(17-3,18-4)33-23)25(31-22)36-38(13,14)27(8,9)10/h20-25H,15-19H2,1-14H3/t20-,21+,22+,23-,24-,25-/m1/s1. The van der Waals surface area contributed by atoms with Gasteiger partial charge in [-0.3, -0.25) is 0 Å². The fourth-order valence-electron chi connectivity index (χ4n) is 5.07. The second kappa shape index (κ2) is 11.1. The molecule has 0 saturated carbocycles. The van der Waals surface area contributed by atoms with Crippen LogP contribution in [-0.2, 0) is 32.5 Å². The third-order valence-electron chi connectivity index (χ3n) is 10.1. The Hall–Kier alpha value is 0.154. The molecule has 0 bridgehead atoms. The quantitative estimate of drug-likeness (QED) is 0.253. The van der Waals surface area contributed by atoms with Crippen molar-refractivity contribution in [3.8, 4) is 0 Å². The van der Waals surface area contributed by atoms with E-state index in [-0.39, 0.29) is 40.6 Å². The summed E-state index contributed by atoms with van der Waals surface area (Å²) in [7, 11) is -4.36. The van der Waals surface area contributed by atoms with Crippen LogP contribution in [-0.4, -0.2) is 71.6 Å². The van der Waals surface area contributed by atoms with Gasteiger partial charge in [0.05, 0.1) is 6.61 Å². The van der Waals surface area contributed by atoms with Crippen LogP contribution in [0.3, 0.4) is 0 Å². The molecule has 3 rings (SSSR count).